The number of imidazole rings is 1. The zero-order valence-corrected chi connectivity index (χ0v) is 11.2. The SMILES string of the molecule is C[C@@]1(F)[C@H](O)[C@@H](CO)O[C@H]1c1cnc(/C(N)=N\C(=N)N)[nH]1. The number of aliphatic hydroxyl groups is 2. The van der Waals surface area contributed by atoms with Crippen molar-refractivity contribution in [2.24, 2.45) is 16.5 Å². The van der Waals surface area contributed by atoms with Crippen molar-refractivity contribution in [3.63, 3.8) is 0 Å². The molecule has 0 bridgehead atoms. The lowest BCUT2D eigenvalue weighted by Gasteiger charge is -2.22. The van der Waals surface area contributed by atoms with Gasteiger partial charge < -0.3 is 31.4 Å². The Balaban J connectivity index is 2.28. The number of alkyl halides is 1. The number of hydrogen-bond donors (Lipinski definition) is 6. The summed E-state index contributed by atoms with van der Waals surface area (Å²) in [5.74, 6) is -0.526. The highest BCUT2D eigenvalue weighted by Crippen LogP contribution is 2.43. The molecule has 1 aliphatic heterocycles. The number of aromatic nitrogens is 2. The Kier molecular flexibility index (Phi) is 3.94. The fourth-order valence-electron chi connectivity index (χ4n) is 2.20. The molecule has 2 rings (SSSR count). The molecule has 21 heavy (non-hydrogen) atoms. The third kappa shape index (κ3) is 2.73. The van der Waals surface area contributed by atoms with Gasteiger partial charge in [-0.2, -0.15) is 4.99 Å². The molecule has 8 N–H and O–H groups in total. The van der Waals surface area contributed by atoms with Crippen LogP contribution in [-0.2, 0) is 4.74 Å². The number of rotatable bonds is 3. The number of nitrogens with two attached hydrogens (primary N) is 2. The molecule has 2 heterocycles. The van der Waals surface area contributed by atoms with Crippen LogP contribution in [0.1, 0.15) is 24.5 Å². The molecule has 0 amide bonds. The van der Waals surface area contributed by atoms with E-state index in [4.69, 9.17) is 26.7 Å². The van der Waals surface area contributed by atoms with E-state index in [1.54, 1.807) is 0 Å². The van der Waals surface area contributed by atoms with Crippen LogP contribution in [0.4, 0.5) is 4.39 Å². The zero-order valence-electron chi connectivity index (χ0n) is 11.2. The van der Waals surface area contributed by atoms with E-state index in [-0.39, 0.29) is 17.4 Å². The Hall–Kier alpha value is -2.04. The first-order valence-corrected chi connectivity index (χ1v) is 6.14. The highest BCUT2D eigenvalue weighted by atomic mass is 19.1. The maximum atomic E-state index is 14.6. The van der Waals surface area contributed by atoms with E-state index in [9.17, 15) is 9.50 Å². The lowest BCUT2D eigenvalue weighted by molar-refractivity contribution is -0.0241. The van der Waals surface area contributed by atoms with Crippen LogP contribution >= 0.6 is 0 Å². The molecule has 0 radical (unpaired) electrons. The quantitative estimate of drug-likeness (QED) is 0.294. The van der Waals surface area contributed by atoms with Crippen molar-refractivity contribution in [2.75, 3.05) is 6.61 Å². The summed E-state index contributed by atoms with van der Waals surface area (Å²) in [4.78, 5) is 10.1. The van der Waals surface area contributed by atoms with Gasteiger partial charge in [0, 0.05) is 0 Å². The molecular formula is C11H17FN6O3. The zero-order chi connectivity index (χ0) is 15.8. The van der Waals surface area contributed by atoms with Crippen molar-refractivity contribution in [3.8, 4) is 0 Å². The molecule has 4 atom stereocenters. The van der Waals surface area contributed by atoms with E-state index < -0.39 is 36.5 Å². The lowest BCUT2D eigenvalue weighted by atomic mass is 9.93. The number of nitrogens with zero attached hydrogens (tertiary/aromatic N) is 2. The molecule has 1 aromatic rings. The van der Waals surface area contributed by atoms with Crippen molar-refractivity contribution >= 4 is 11.8 Å². The number of aliphatic imine (C=N–C) groups is 1. The number of halogens is 1. The Morgan fingerprint density at radius 1 is 1.67 bits per heavy atom. The molecule has 10 heteroatoms. The van der Waals surface area contributed by atoms with Gasteiger partial charge >= 0.3 is 0 Å². The van der Waals surface area contributed by atoms with Gasteiger partial charge in [0.2, 0.25) is 5.96 Å². The number of H-pyrrole nitrogens is 1. The summed E-state index contributed by atoms with van der Waals surface area (Å²) in [6.07, 6.45) is -2.36. The summed E-state index contributed by atoms with van der Waals surface area (Å²) in [7, 11) is 0. The van der Waals surface area contributed by atoms with Gasteiger partial charge in [0.05, 0.1) is 18.5 Å². The van der Waals surface area contributed by atoms with Gasteiger partial charge in [0.25, 0.3) is 0 Å². The topological polar surface area (TPSA) is 167 Å². The average molecular weight is 300 g/mol. The van der Waals surface area contributed by atoms with Gasteiger partial charge in [-0.05, 0) is 6.92 Å². The first-order chi connectivity index (χ1) is 9.77. The van der Waals surface area contributed by atoms with Crippen LogP contribution in [0.25, 0.3) is 0 Å². The van der Waals surface area contributed by atoms with Gasteiger partial charge in [0.15, 0.2) is 17.3 Å². The molecule has 0 aromatic carbocycles. The van der Waals surface area contributed by atoms with Crippen LogP contribution in [-0.4, -0.2) is 56.5 Å². The van der Waals surface area contributed by atoms with E-state index in [0.717, 1.165) is 0 Å². The van der Waals surface area contributed by atoms with Gasteiger partial charge in [-0.3, -0.25) is 5.41 Å². The van der Waals surface area contributed by atoms with Crippen LogP contribution < -0.4 is 11.5 Å². The van der Waals surface area contributed by atoms with E-state index in [1.165, 1.54) is 13.1 Å². The summed E-state index contributed by atoms with van der Waals surface area (Å²) in [6.45, 7) is 0.664. The maximum Gasteiger partial charge on any atom is 0.214 e. The summed E-state index contributed by atoms with van der Waals surface area (Å²) in [5.41, 5.74) is 8.77. The van der Waals surface area contributed by atoms with Crippen molar-refractivity contribution in [1.29, 1.82) is 5.41 Å². The summed E-state index contributed by atoms with van der Waals surface area (Å²) >= 11 is 0. The Morgan fingerprint density at radius 2 is 2.33 bits per heavy atom. The second-order valence-corrected chi connectivity index (χ2v) is 4.90. The largest absolute Gasteiger partial charge is 0.394 e. The van der Waals surface area contributed by atoms with Crippen LogP contribution in [0.3, 0.4) is 0 Å². The Labute approximate surface area is 119 Å². The highest BCUT2D eigenvalue weighted by Gasteiger charge is 2.54. The predicted octanol–water partition coefficient (Wildman–Crippen LogP) is -1.47. The molecule has 0 unspecified atom stereocenters. The van der Waals surface area contributed by atoms with Crippen molar-refractivity contribution < 1.29 is 19.3 Å². The van der Waals surface area contributed by atoms with Gasteiger partial charge in [0.1, 0.15) is 18.3 Å². The summed E-state index contributed by atoms with van der Waals surface area (Å²) in [5, 5.41) is 25.9. The standard InChI is InChI=1S/C11H17FN6O3/c1-11(12)6(20)5(3-19)21-7(11)4-2-16-9(17-4)8(13)18-10(14)15/h2,5-7,19-20H,3H2,1H3,(H,16,17)(H5,13,14,15,18)/t5-,6-,7+,11-/m1/s1. The van der Waals surface area contributed by atoms with Gasteiger partial charge in [-0.25, -0.2) is 9.37 Å². The summed E-state index contributed by atoms with van der Waals surface area (Å²) < 4.78 is 19.9. The molecule has 9 nitrogen and oxygen atoms in total. The number of amidine groups is 1. The van der Waals surface area contributed by atoms with Gasteiger partial charge in [-0.15, -0.1) is 0 Å². The minimum absolute atomic E-state index is 0.0986. The van der Waals surface area contributed by atoms with E-state index >= 15 is 0 Å². The molecule has 0 spiro atoms. The molecule has 1 aromatic heterocycles. The van der Waals surface area contributed by atoms with E-state index in [2.05, 4.69) is 15.0 Å². The average Bonchev–Trinajstić information content (AvgIpc) is 2.94. The molecule has 1 fully saturated rings. The summed E-state index contributed by atoms with van der Waals surface area (Å²) in [6, 6.07) is 0. The van der Waals surface area contributed by atoms with Crippen molar-refractivity contribution in [3.05, 3.63) is 17.7 Å². The molecule has 1 saturated heterocycles. The molecule has 0 saturated carbocycles. The van der Waals surface area contributed by atoms with Crippen LogP contribution in [0, 0.1) is 5.41 Å². The Bertz CT molecular complexity index is 572. The number of aliphatic hydroxyl groups excluding tert-OH is 2. The number of nitrogens with one attached hydrogen (secondary N) is 2. The smallest absolute Gasteiger partial charge is 0.214 e. The fourth-order valence-corrected chi connectivity index (χ4v) is 2.20. The molecule has 1 aliphatic rings. The normalized spacial score (nSPS) is 33.3. The third-order valence-electron chi connectivity index (χ3n) is 3.30. The first-order valence-electron chi connectivity index (χ1n) is 6.14. The van der Waals surface area contributed by atoms with Crippen LogP contribution in [0.2, 0.25) is 0 Å². The second-order valence-electron chi connectivity index (χ2n) is 4.90. The molecule has 0 aliphatic carbocycles. The maximum absolute atomic E-state index is 14.6. The first kappa shape index (κ1) is 15.4. The minimum atomic E-state index is -2.11. The number of hydrogen-bond acceptors (Lipinski definition) is 5. The molecular weight excluding hydrogens is 283 g/mol. The van der Waals surface area contributed by atoms with Crippen LogP contribution in [0.5, 0.6) is 0 Å². The second kappa shape index (κ2) is 5.39. The Morgan fingerprint density at radius 3 is 2.86 bits per heavy atom. The van der Waals surface area contributed by atoms with Crippen LogP contribution in [0.15, 0.2) is 11.2 Å². The minimum Gasteiger partial charge on any atom is -0.394 e. The van der Waals surface area contributed by atoms with Crippen molar-refractivity contribution in [1.82, 2.24) is 9.97 Å². The number of guanidine groups is 1. The highest BCUT2D eigenvalue weighted by molar-refractivity contribution is 6.01. The fraction of sp³-hybridized carbons (Fsp3) is 0.545. The number of aromatic amines is 1. The van der Waals surface area contributed by atoms with Crippen molar-refractivity contribution in [2.45, 2.75) is 30.9 Å². The predicted molar refractivity (Wildman–Crippen MR) is 71.4 cm³/mol. The monoisotopic (exact) mass is 300 g/mol. The number of ether oxygens (including phenoxy) is 1. The van der Waals surface area contributed by atoms with E-state index in [1.807, 2.05) is 0 Å². The van der Waals surface area contributed by atoms with Gasteiger partial charge in [-0.1, -0.05) is 0 Å². The lowest BCUT2D eigenvalue weighted by Crippen LogP contribution is -2.39. The third-order valence-corrected chi connectivity index (χ3v) is 3.30. The molecule has 116 valence electrons. The van der Waals surface area contributed by atoms with E-state index in [0.29, 0.717) is 0 Å².